The van der Waals surface area contributed by atoms with Gasteiger partial charge in [-0.3, -0.25) is 4.79 Å². The molecular formula is C16H18N6O2S. The maximum Gasteiger partial charge on any atom is 0.271 e. The molecule has 6 N–H and O–H groups in total. The summed E-state index contributed by atoms with van der Waals surface area (Å²) in [6.45, 7) is 1.85. The van der Waals surface area contributed by atoms with E-state index in [1.165, 1.54) is 6.20 Å². The van der Waals surface area contributed by atoms with E-state index in [0.29, 0.717) is 23.5 Å². The Bertz CT molecular complexity index is 811. The number of anilines is 3. The van der Waals surface area contributed by atoms with Crippen molar-refractivity contribution in [3.63, 3.8) is 0 Å². The van der Waals surface area contributed by atoms with Crippen LogP contribution < -0.4 is 22.1 Å². The number of hydrogen-bond donors (Lipinski definition) is 4. The van der Waals surface area contributed by atoms with E-state index < -0.39 is 11.9 Å². The smallest absolute Gasteiger partial charge is 0.271 e. The zero-order chi connectivity index (χ0) is 18.4. The Labute approximate surface area is 150 Å². The number of thiocarbonyl (C=S) groups is 1. The van der Waals surface area contributed by atoms with Gasteiger partial charge in [0.1, 0.15) is 17.1 Å². The summed E-state index contributed by atoms with van der Waals surface area (Å²) in [6.07, 6.45) is 2.67. The predicted octanol–water partition coefficient (Wildman–Crippen LogP) is 1.33. The number of hydrogen-bond acceptors (Lipinski definition) is 7. The number of benzene rings is 1. The predicted molar refractivity (Wildman–Crippen MR) is 100 cm³/mol. The molecule has 0 aliphatic rings. The molecule has 1 heterocycles. The van der Waals surface area contributed by atoms with Crippen molar-refractivity contribution >= 4 is 46.7 Å². The monoisotopic (exact) mass is 358 g/mol. The first-order valence-corrected chi connectivity index (χ1v) is 7.91. The molecule has 1 aromatic carbocycles. The Morgan fingerprint density at radius 2 is 2.12 bits per heavy atom. The van der Waals surface area contributed by atoms with Gasteiger partial charge >= 0.3 is 0 Å². The molecule has 0 radical (unpaired) electrons. The van der Waals surface area contributed by atoms with Gasteiger partial charge in [0.2, 0.25) is 0 Å². The second-order valence-corrected chi connectivity index (χ2v) is 5.56. The molecule has 1 amide bonds. The minimum absolute atomic E-state index is 0.0680. The molecule has 0 saturated carbocycles. The zero-order valence-electron chi connectivity index (χ0n) is 13.5. The van der Waals surface area contributed by atoms with Gasteiger partial charge in [-0.1, -0.05) is 31.3 Å². The average Bonchev–Trinajstić information content (AvgIpc) is 2.59. The van der Waals surface area contributed by atoms with Gasteiger partial charge in [-0.25, -0.2) is 9.97 Å². The van der Waals surface area contributed by atoms with E-state index >= 15 is 0 Å². The lowest BCUT2D eigenvalue weighted by Gasteiger charge is -2.15. The lowest BCUT2D eigenvalue weighted by atomic mass is 10.2. The minimum Gasteiger partial charge on any atom is -0.398 e. The first-order chi connectivity index (χ1) is 12.0. The fourth-order valence-corrected chi connectivity index (χ4v) is 2.31. The molecule has 0 spiro atoms. The minimum atomic E-state index is -0.757. The third kappa shape index (κ3) is 4.48. The highest BCUT2D eigenvalue weighted by molar-refractivity contribution is 7.81. The molecule has 2 aromatic rings. The Kier molecular flexibility index (Phi) is 5.96. The second kappa shape index (κ2) is 8.15. The van der Waals surface area contributed by atoms with Crippen LogP contribution in [0.1, 0.15) is 29.4 Å². The van der Waals surface area contributed by atoms with Crippen molar-refractivity contribution in [2.24, 2.45) is 5.73 Å². The number of nitrogens with two attached hydrogens (primary N) is 2. The van der Waals surface area contributed by atoms with E-state index in [9.17, 15) is 9.59 Å². The second-order valence-electron chi connectivity index (χ2n) is 5.15. The summed E-state index contributed by atoms with van der Waals surface area (Å²) in [5.74, 6) is -0.352. The van der Waals surface area contributed by atoms with Gasteiger partial charge < -0.3 is 26.9 Å². The highest BCUT2D eigenvalue weighted by atomic mass is 32.1. The SMILES string of the molecule is CCC(C=O)Nc1cnc(C(N)=O)c(NC(=S)c2ccccc2N)n1. The number of nitrogens with zero attached hydrogens (tertiary/aromatic N) is 2. The molecule has 1 unspecified atom stereocenters. The van der Waals surface area contributed by atoms with Gasteiger partial charge in [-0.2, -0.15) is 0 Å². The van der Waals surface area contributed by atoms with Crippen LogP contribution in [0.3, 0.4) is 0 Å². The average molecular weight is 358 g/mol. The van der Waals surface area contributed by atoms with Crippen LogP contribution in [0.5, 0.6) is 0 Å². The number of para-hydroxylation sites is 1. The number of primary amides is 1. The Morgan fingerprint density at radius 1 is 1.40 bits per heavy atom. The van der Waals surface area contributed by atoms with Gasteiger partial charge in [0.05, 0.1) is 12.2 Å². The Balaban J connectivity index is 2.33. The van der Waals surface area contributed by atoms with Crippen molar-refractivity contribution in [1.82, 2.24) is 9.97 Å². The number of amides is 1. The van der Waals surface area contributed by atoms with E-state index in [0.717, 1.165) is 6.29 Å². The molecule has 1 aromatic heterocycles. The molecule has 0 bridgehead atoms. The van der Waals surface area contributed by atoms with Crippen molar-refractivity contribution in [2.75, 3.05) is 16.4 Å². The van der Waals surface area contributed by atoms with Crippen molar-refractivity contribution < 1.29 is 9.59 Å². The number of rotatable bonds is 7. The summed E-state index contributed by atoms with van der Waals surface area (Å²) < 4.78 is 0. The van der Waals surface area contributed by atoms with Crippen LogP contribution in [-0.2, 0) is 4.79 Å². The third-order valence-electron chi connectivity index (χ3n) is 3.38. The number of carbonyl (C=O) groups excluding carboxylic acids is 2. The summed E-state index contributed by atoms with van der Waals surface area (Å²) in [5, 5.41) is 5.75. The molecule has 9 heteroatoms. The van der Waals surface area contributed by atoms with Crippen LogP contribution in [0.15, 0.2) is 30.5 Å². The van der Waals surface area contributed by atoms with Gasteiger partial charge in [0.25, 0.3) is 5.91 Å². The van der Waals surface area contributed by atoms with Crippen molar-refractivity contribution in [3.05, 3.63) is 41.7 Å². The van der Waals surface area contributed by atoms with E-state index in [1.54, 1.807) is 24.3 Å². The first-order valence-electron chi connectivity index (χ1n) is 7.50. The topological polar surface area (TPSA) is 136 Å². The number of aromatic nitrogens is 2. The number of nitrogens with one attached hydrogen (secondary N) is 2. The van der Waals surface area contributed by atoms with E-state index in [1.807, 2.05) is 6.92 Å². The van der Waals surface area contributed by atoms with Crippen LogP contribution in [0, 0.1) is 0 Å². The van der Waals surface area contributed by atoms with E-state index in [4.69, 9.17) is 23.7 Å². The van der Waals surface area contributed by atoms with Crippen LogP contribution >= 0.6 is 12.2 Å². The van der Waals surface area contributed by atoms with Gasteiger partial charge in [0, 0.05) is 11.3 Å². The fourth-order valence-electron chi connectivity index (χ4n) is 2.03. The lowest BCUT2D eigenvalue weighted by molar-refractivity contribution is -0.108. The van der Waals surface area contributed by atoms with Crippen molar-refractivity contribution in [2.45, 2.75) is 19.4 Å². The number of aldehydes is 1. The summed E-state index contributed by atoms with van der Waals surface area (Å²) in [4.78, 5) is 31.1. The Hall–Kier alpha value is -3.07. The molecular weight excluding hydrogens is 340 g/mol. The summed E-state index contributed by atoms with van der Waals surface area (Å²) in [5.41, 5.74) is 12.2. The largest absolute Gasteiger partial charge is 0.398 e. The normalized spacial score (nSPS) is 11.4. The van der Waals surface area contributed by atoms with Crippen molar-refractivity contribution in [3.8, 4) is 0 Å². The summed E-state index contributed by atoms with van der Waals surface area (Å²) >= 11 is 5.33. The number of carbonyl (C=O) groups is 2. The molecule has 0 aliphatic carbocycles. The van der Waals surface area contributed by atoms with E-state index in [2.05, 4.69) is 20.6 Å². The molecule has 2 rings (SSSR count). The highest BCUT2D eigenvalue weighted by Gasteiger charge is 2.16. The third-order valence-corrected chi connectivity index (χ3v) is 3.70. The molecule has 0 fully saturated rings. The van der Waals surface area contributed by atoms with Gasteiger partial charge in [-0.15, -0.1) is 0 Å². The molecule has 0 aliphatic heterocycles. The van der Waals surface area contributed by atoms with Crippen molar-refractivity contribution in [1.29, 1.82) is 0 Å². The zero-order valence-corrected chi connectivity index (χ0v) is 14.3. The lowest BCUT2D eigenvalue weighted by Crippen LogP contribution is -2.24. The van der Waals surface area contributed by atoms with Crippen LogP contribution in [0.25, 0.3) is 0 Å². The number of nitrogen functional groups attached to an aromatic ring is 1. The van der Waals surface area contributed by atoms with E-state index in [-0.39, 0.29) is 16.5 Å². The Morgan fingerprint density at radius 3 is 2.72 bits per heavy atom. The molecule has 8 nitrogen and oxygen atoms in total. The van der Waals surface area contributed by atoms with Crippen LogP contribution in [0.4, 0.5) is 17.3 Å². The summed E-state index contributed by atoms with van der Waals surface area (Å²) in [7, 11) is 0. The quantitative estimate of drug-likeness (QED) is 0.331. The van der Waals surface area contributed by atoms with Crippen LogP contribution in [-0.4, -0.2) is 33.2 Å². The molecule has 130 valence electrons. The summed E-state index contributed by atoms with van der Waals surface area (Å²) in [6, 6.07) is 6.60. The highest BCUT2D eigenvalue weighted by Crippen LogP contribution is 2.18. The van der Waals surface area contributed by atoms with Gasteiger partial charge in [-0.05, 0) is 18.6 Å². The maximum atomic E-state index is 11.6. The standard InChI is InChI=1S/C16H18N6O2S/c1-2-9(8-23)20-12-7-19-13(14(18)24)15(21-12)22-16(25)10-5-3-4-6-11(10)17/h3-9H,2,17H2,1H3,(H2,18,24)(H2,20,21,22,25). The fraction of sp³-hybridized carbons (Fsp3) is 0.188. The first kappa shape index (κ1) is 18.3. The van der Waals surface area contributed by atoms with Gasteiger partial charge in [0.15, 0.2) is 11.5 Å². The van der Waals surface area contributed by atoms with Crippen LogP contribution in [0.2, 0.25) is 0 Å². The molecule has 0 saturated heterocycles. The molecule has 25 heavy (non-hydrogen) atoms. The molecule has 1 atom stereocenters. The maximum absolute atomic E-state index is 11.6.